The van der Waals surface area contributed by atoms with E-state index >= 15 is 0 Å². The average Bonchev–Trinajstić information content (AvgIpc) is 2.84. The van der Waals surface area contributed by atoms with Gasteiger partial charge in [0.1, 0.15) is 0 Å². The molecule has 0 bridgehead atoms. The summed E-state index contributed by atoms with van der Waals surface area (Å²) in [5, 5.41) is 2.50. The molecule has 2 rings (SSSR count). The van der Waals surface area contributed by atoms with Gasteiger partial charge in [-0.25, -0.2) is 0 Å². The molecule has 1 aromatic carbocycles. The number of benzene rings is 1. The second-order valence-corrected chi connectivity index (χ2v) is 4.77. The van der Waals surface area contributed by atoms with E-state index in [1.54, 1.807) is 6.92 Å². The highest BCUT2D eigenvalue weighted by Crippen LogP contribution is 2.30. The van der Waals surface area contributed by atoms with E-state index in [0.29, 0.717) is 5.56 Å². The summed E-state index contributed by atoms with van der Waals surface area (Å²) in [6.07, 6.45) is -3.17. The lowest BCUT2D eigenvalue weighted by Crippen LogP contribution is -2.26. The van der Waals surface area contributed by atoms with Crippen molar-refractivity contribution in [1.29, 1.82) is 0 Å². The third kappa shape index (κ3) is 3.58. The van der Waals surface area contributed by atoms with Crippen molar-refractivity contribution in [1.82, 2.24) is 5.32 Å². The number of hydrogen-bond acceptors (Lipinski definition) is 2. The number of carbonyl (C=O) groups excluding carboxylic acids is 1. The molecule has 0 aliphatic rings. The minimum absolute atomic E-state index is 0.0660. The van der Waals surface area contributed by atoms with Crippen LogP contribution in [0.5, 0.6) is 0 Å². The van der Waals surface area contributed by atoms with Crippen molar-refractivity contribution in [2.24, 2.45) is 0 Å². The molecular formula is C14H11ClF3NO2. The van der Waals surface area contributed by atoms with Crippen LogP contribution in [0.2, 0.25) is 5.22 Å². The van der Waals surface area contributed by atoms with Gasteiger partial charge in [0, 0.05) is 0 Å². The quantitative estimate of drug-likeness (QED) is 0.909. The van der Waals surface area contributed by atoms with E-state index in [1.165, 1.54) is 24.5 Å². The van der Waals surface area contributed by atoms with E-state index in [1.807, 2.05) is 0 Å². The van der Waals surface area contributed by atoms with Gasteiger partial charge in [-0.15, -0.1) is 0 Å². The van der Waals surface area contributed by atoms with Crippen LogP contribution < -0.4 is 5.32 Å². The van der Waals surface area contributed by atoms with Crippen LogP contribution in [0.1, 0.15) is 34.5 Å². The first-order valence-corrected chi connectivity index (χ1v) is 6.38. The van der Waals surface area contributed by atoms with Gasteiger partial charge in [0.15, 0.2) is 0 Å². The Hall–Kier alpha value is -1.95. The summed E-state index contributed by atoms with van der Waals surface area (Å²) in [5.74, 6) is -0.515. The zero-order chi connectivity index (χ0) is 15.6. The maximum atomic E-state index is 12.7. The Bertz CT molecular complexity index is 652. The number of furan rings is 1. The van der Waals surface area contributed by atoms with Crippen molar-refractivity contribution < 1.29 is 22.4 Å². The summed E-state index contributed by atoms with van der Waals surface area (Å²) < 4.78 is 42.8. The Kier molecular flexibility index (Phi) is 4.27. The van der Waals surface area contributed by atoms with E-state index in [-0.39, 0.29) is 10.8 Å². The van der Waals surface area contributed by atoms with Crippen molar-refractivity contribution in [3.8, 4) is 0 Å². The molecule has 0 saturated heterocycles. The van der Waals surface area contributed by atoms with Crippen molar-refractivity contribution in [3.05, 3.63) is 58.5 Å². The van der Waals surface area contributed by atoms with Crippen LogP contribution in [0.25, 0.3) is 0 Å². The lowest BCUT2D eigenvalue weighted by atomic mass is 10.0. The molecule has 1 N–H and O–H groups in total. The lowest BCUT2D eigenvalue weighted by Gasteiger charge is -2.16. The smallest absolute Gasteiger partial charge is 0.416 e. The van der Waals surface area contributed by atoms with E-state index in [2.05, 4.69) is 5.32 Å². The Labute approximate surface area is 123 Å². The van der Waals surface area contributed by atoms with Gasteiger partial charge in [-0.1, -0.05) is 12.1 Å². The third-order valence-corrected chi connectivity index (χ3v) is 3.22. The molecule has 21 heavy (non-hydrogen) atoms. The van der Waals surface area contributed by atoms with E-state index in [0.717, 1.165) is 12.1 Å². The highest BCUT2D eigenvalue weighted by molar-refractivity contribution is 6.32. The molecule has 2 aromatic rings. The lowest BCUT2D eigenvalue weighted by molar-refractivity contribution is -0.137. The molecular weight excluding hydrogens is 307 g/mol. The van der Waals surface area contributed by atoms with Crippen LogP contribution in [-0.4, -0.2) is 5.91 Å². The maximum absolute atomic E-state index is 12.7. The summed E-state index contributed by atoms with van der Waals surface area (Å²) >= 11 is 5.67. The van der Waals surface area contributed by atoms with Gasteiger partial charge in [0.05, 0.1) is 23.4 Å². The first kappa shape index (κ1) is 15.4. The number of amides is 1. The summed E-state index contributed by atoms with van der Waals surface area (Å²) in [4.78, 5) is 11.9. The van der Waals surface area contributed by atoms with Crippen molar-refractivity contribution in [3.63, 3.8) is 0 Å². The number of hydrogen-bond donors (Lipinski definition) is 1. The first-order chi connectivity index (χ1) is 9.79. The van der Waals surface area contributed by atoms with Crippen LogP contribution in [0.3, 0.4) is 0 Å². The number of alkyl halides is 3. The Morgan fingerprint density at radius 1 is 1.33 bits per heavy atom. The van der Waals surface area contributed by atoms with Gasteiger partial charge in [0.25, 0.3) is 5.91 Å². The molecule has 1 unspecified atom stereocenters. The predicted octanol–water partition coefficient (Wildman–Crippen LogP) is 4.44. The van der Waals surface area contributed by atoms with Crippen LogP contribution in [0, 0.1) is 0 Å². The molecule has 1 atom stereocenters. The van der Waals surface area contributed by atoms with E-state index in [4.69, 9.17) is 16.0 Å². The van der Waals surface area contributed by atoms with Crippen molar-refractivity contribution >= 4 is 17.5 Å². The highest BCUT2D eigenvalue weighted by atomic mass is 35.5. The van der Waals surface area contributed by atoms with Gasteiger partial charge < -0.3 is 9.73 Å². The second kappa shape index (κ2) is 5.81. The van der Waals surface area contributed by atoms with Gasteiger partial charge in [-0.2, -0.15) is 13.2 Å². The molecule has 0 fully saturated rings. The topological polar surface area (TPSA) is 42.2 Å². The average molecular weight is 318 g/mol. The monoisotopic (exact) mass is 317 g/mol. The summed E-state index contributed by atoms with van der Waals surface area (Å²) in [7, 11) is 0. The largest absolute Gasteiger partial charge is 0.452 e. The number of carbonyl (C=O) groups is 1. The van der Waals surface area contributed by atoms with Crippen LogP contribution in [-0.2, 0) is 6.18 Å². The van der Waals surface area contributed by atoms with E-state index < -0.39 is 23.7 Å². The van der Waals surface area contributed by atoms with Gasteiger partial charge in [-0.05, 0) is 42.3 Å². The summed E-state index contributed by atoms with van der Waals surface area (Å²) in [6, 6.07) is 5.57. The molecule has 3 nitrogen and oxygen atoms in total. The summed E-state index contributed by atoms with van der Waals surface area (Å²) in [5.41, 5.74) is -0.282. The molecule has 0 aliphatic heterocycles. The number of halogens is 4. The minimum Gasteiger partial charge on any atom is -0.452 e. The molecule has 0 spiro atoms. The van der Waals surface area contributed by atoms with Crippen molar-refractivity contribution in [2.75, 3.05) is 0 Å². The molecule has 1 amide bonds. The Morgan fingerprint density at radius 3 is 2.62 bits per heavy atom. The highest BCUT2D eigenvalue weighted by Gasteiger charge is 2.30. The first-order valence-electron chi connectivity index (χ1n) is 6.00. The van der Waals surface area contributed by atoms with Gasteiger partial charge >= 0.3 is 6.18 Å². The normalized spacial score (nSPS) is 13.0. The molecule has 0 aliphatic carbocycles. The molecule has 1 aromatic heterocycles. The zero-order valence-corrected chi connectivity index (χ0v) is 11.6. The molecule has 1 heterocycles. The third-order valence-electron chi connectivity index (χ3n) is 2.92. The molecule has 0 saturated carbocycles. The Balaban J connectivity index is 2.16. The molecule has 112 valence electrons. The number of nitrogens with one attached hydrogen (secondary N) is 1. The van der Waals surface area contributed by atoms with Crippen LogP contribution >= 0.6 is 11.6 Å². The standard InChI is InChI=1S/C14H11ClF3NO2/c1-8(19-13(20)11-5-6-21-12(11)15)9-3-2-4-10(7-9)14(16,17)18/h2-8H,1H3,(H,19,20). The SMILES string of the molecule is CC(NC(=O)c1ccoc1Cl)c1cccc(C(F)(F)F)c1. The predicted molar refractivity (Wildman–Crippen MR) is 71.0 cm³/mol. The fourth-order valence-electron chi connectivity index (χ4n) is 1.80. The number of rotatable bonds is 3. The fraction of sp³-hybridized carbons (Fsp3) is 0.214. The van der Waals surface area contributed by atoms with Crippen molar-refractivity contribution in [2.45, 2.75) is 19.1 Å². The second-order valence-electron chi connectivity index (χ2n) is 4.43. The van der Waals surface area contributed by atoms with Gasteiger partial charge in [-0.3, -0.25) is 4.79 Å². The minimum atomic E-state index is -4.42. The van der Waals surface area contributed by atoms with Crippen LogP contribution in [0.4, 0.5) is 13.2 Å². The summed E-state index contributed by atoms with van der Waals surface area (Å²) in [6.45, 7) is 1.58. The zero-order valence-electron chi connectivity index (χ0n) is 10.9. The van der Waals surface area contributed by atoms with Gasteiger partial charge in [0.2, 0.25) is 5.22 Å². The van der Waals surface area contributed by atoms with Crippen LogP contribution in [0.15, 0.2) is 41.0 Å². The molecule has 7 heteroatoms. The fourth-order valence-corrected chi connectivity index (χ4v) is 2.00. The van der Waals surface area contributed by atoms with E-state index in [9.17, 15) is 18.0 Å². The maximum Gasteiger partial charge on any atom is 0.416 e. The Morgan fingerprint density at radius 2 is 2.05 bits per heavy atom. The molecule has 0 radical (unpaired) electrons.